The number of carboxylic acid groups (broad SMARTS) is 1. The summed E-state index contributed by atoms with van der Waals surface area (Å²) in [5.41, 5.74) is 1.64. The van der Waals surface area contributed by atoms with Crippen LogP contribution in [0.5, 0.6) is 11.5 Å². The Morgan fingerprint density at radius 3 is 2.35 bits per heavy atom. The summed E-state index contributed by atoms with van der Waals surface area (Å²) in [6, 6.07) is 10.5. The third kappa shape index (κ3) is 2.45. The highest BCUT2D eigenvalue weighted by molar-refractivity contribution is 6.01. The van der Waals surface area contributed by atoms with Crippen LogP contribution >= 0.6 is 0 Å². The molecular formula is C16H16O4. The summed E-state index contributed by atoms with van der Waals surface area (Å²) in [6.07, 6.45) is 1.43. The molecule has 0 atom stereocenters. The van der Waals surface area contributed by atoms with Crippen molar-refractivity contribution < 1.29 is 20.1 Å². The molecule has 0 aliphatic rings. The maximum Gasteiger partial charge on any atom is 0.340 e. The fraction of sp³-hybridized carbons (Fsp3) is 0.188. The first-order chi connectivity index (χ1) is 9.56. The minimum absolute atomic E-state index is 0.250. The summed E-state index contributed by atoms with van der Waals surface area (Å²) in [4.78, 5) is 11.5. The lowest BCUT2D eigenvalue weighted by Crippen LogP contribution is -2.04. The van der Waals surface area contributed by atoms with Crippen LogP contribution in [0, 0.1) is 0 Å². The lowest BCUT2D eigenvalue weighted by Gasteiger charge is -2.15. The van der Waals surface area contributed by atoms with Crippen LogP contribution in [0.15, 0.2) is 36.4 Å². The normalized spacial score (nSPS) is 10.4. The highest BCUT2D eigenvalue weighted by Gasteiger charge is 2.23. The number of benzene rings is 2. The number of hydrogen-bond acceptors (Lipinski definition) is 3. The summed E-state index contributed by atoms with van der Waals surface area (Å²) >= 11 is 0. The van der Waals surface area contributed by atoms with Crippen LogP contribution < -0.4 is 0 Å². The van der Waals surface area contributed by atoms with Crippen molar-refractivity contribution >= 4 is 5.97 Å². The van der Waals surface area contributed by atoms with Crippen molar-refractivity contribution in [1.82, 2.24) is 0 Å². The molecule has 2 aromatic rings. The second-order valence-electron chi connectivity index (χ2n) is 4.57. The molecule has 4 heteroatoms. The standard InChI is InChI=1S/C16H16O4/c1-2-6-11-9-12(17)15(18)14(16(19)20)13(11)10-7-4-3-5-8-10/h3-5,7-9,17-18H,2,6H2,1H3,(H,19,20). The quantitative estimate of drug-likeness (QED) is 0.745. The summed E-state index contributed by atoms with van der Waals surface area (Å²) in [5, 5.41) is 28.9. The molecule has 4 nitrogen and oxygen atoms in total. The van der Waals surface area contributed by atoms with Crippen LogP contribution in [0.1, 0.15) is 29.3 Å². The number of rotatable bonds is 4. The second kappa shape index (κ2) is 5.65. The van der Waals surface area contributed by atoms with Gasteiger partial charge in [0.25, 0.3) is 0 Å². The van der Waals surface area contributed by atoms with Gasteiger partial charge in [0, 0.05) is 5.56 Å². The summed E-state index contributed by atoms with van der Waals surface area (Å²) in [7, 11) is 0. The number of carboxylic acids is 1. The number of phenolic OH excluding ortho intramolecular Hbond substituents is 1. The molecule has 3 N–H and O–H groups in total. The van der Waals surface area contributed by atoms with Gasteiger partial charge < -0.3 is 15.3 Å². The monoisotopic (exact) mass is 272 g/mol. The largest absolute Gasteiger partial charge is 0.504 e. The van der Waals surface area contributed by atoms with E-state index in [2.05, 4.69) is 0 Å². The van der Waals surface area contributed by atoms with E-state index in [-0.39, 0.29) is 5.56 Å². The van der Waals surface area contributed by atoms with Gasteiger partial charge in [-0.2, -0.15) is 0 Å². The van der Waals surface area contributed by atoms with Crippen molar-refractivity contribution in [3.63, 3.8) is 0 Å². The zero-order valence-electron chi connectivity index (χ0n) is 11.1. The van der Waals surface area contributed by atoms with Crippen LogP contribution in [-0.2, 0) is 6.42 Å². The Morgan fingerprint density at radius 1 is 1.15 bits per heavy atom. The van der Waals surface area contributed by atoms with Crippen molar-refractivity contribution in [2.75, 3.05) is 0 Å². The van der Waals surface area contributed by atoms with Gasteiger partial charge in [-0.05, 0) is 23.6 Å². The summed E-state index contributed by atoms with van der Waals surface area (Å²) < 4.78 is 0. The van der Waals surface area contributed by atoms with Gasteiger partial charge in [0.15, 0.2) is 11.5 Å². The maximum absolute atomic E-state index is 11.5. The van der Waals surface area contributed by atoms with Gasteiger partial charge in [-0.25, -0.2) is 4.79 Å². The first kappa shape index (κ1) is 13.9. The average Bonchev–Trinajstić information content (AvgIpc) is 2.43. The predicted octanol–water partition coefficient (Wildman–Crippen LogP) is 3.42. The molecule has 20 heavy (non-hydrogen) atoms. The molecule has 2 rings (SSSR count). The van der Waals surface area contributed by atoms with E-state index in [4.69, 9.17) is 0 Å². The molecule has 0 fully saturated rings. The smallest absolute Gasteiger partial charge is 0.340 e. The number of aromatic hydroxyl groups is 2. The highest BCUT2D eigenvalue weighted by atomic mass is 16.4. The molecule has 0 aromatic heterocycles. The molecule has 0 unspecified atom stereocenters. The van der Waals surface area contributed by atoms with Crippen molar-refractivity contribution in [3.8, 4) is 22.6 Å². The molecule has 0 spiro atoms. The number of phenols is 2. The zero-order chi connectivity index (χ0) is 14.7. The predicted molar refractivity (Wildman–Crippen MR) is 76.2 cm³/mol. The summed E-state index contributed by atoms with van der Waals surface area (Å²) in [5.74, 6) is -2.24. The Balaban J connectivity index is 2.80. The molecule has 0 saturated carbocycles. The van der Waals surface area contributed by atoms with E-state index < -0.39 is 17.5 Å². The van der Waals surface area contributed by atoms with E-state index in [1.165, 1.54) is 6.07 Å². The molecule has 0 bridgehead atoms. The Hall–Kier alpha value is -2.49. The van der Waals surface area contributed by atoms with E-state index in [0.717, 1.165) is 6.42 Å². The first-order valence-electron chi connectivity index (χ1n) is 6.42. The molecule has 0 saturated heterocycles. The molecule has 2 aromatic carbocycles. The van der Waals surface area contributed by atoms with Crippen molar-refractivity contribution in [2.24, 2.45) is 0 Å². The highest BCUT2D eigenvalue weighted by Crippen LogP contribution is 2.40. The Bertz CT molecular complexity index is 633. The topological polar surface area (TPSA) is 77.8 Å². The Kier molecular flexibility index (Phi) is 3.94. The minimum Gasteiger partial charge on any atom is -0.504 e. The Labute approximate surface area is 116 Å². The van der Waals surface area contributed by atoms with Crippen LogP contribution in [-0.4, -0.2) is 21.3 Å². The second-order valence-corrected chi connectivity index (χ2v) is 4.57. The minimum atomic E-state index is -1.25. The van der Waals surface area contributed by atoms with Crippen molar-refractivity contribution in [2.45, 2.75) is 19.8 Å². The van der Waals surface area contributed by atoms with Crippen LogP contribution in [0.4, 0.5) is 0 Å². The number of aryl methyl sites for hydroxylation is 1. The van der Waals surface area contributed by atoms with Gasteiger partial charge in [0.1, 0.15) is 5.56 Å². The van der Waals surface area contributed by atoms with E-state index in [1.807, 2.05) is 13.0 Å². The molecule has 0 amide bonds. The van der Waals surface area contributed by atoms with Gasteiger partial charge in [0.2, 0.25) is 0 Å². The van der Waals surface area contributed by atoms with Crippen molar-refractivity contribution in [3.05, 3.63) is 47.5 Å². The summed E-state index contributed by atoms with van der Waals surface area (Å²) in [6.45, 7) is 1.97. The number of aromatic carboxylic acids is 1. The lowest BCUT2D eigenvalue weighted by molar-refractivity contribution is 0.0693. The average molecular weight is 272 g/mol. The zero-order valence-corrected chi connectivity index (χ0v) is 11.1. The van der Waals surface area contributed by atoms with E-state index >= 15 is 0 Å². The van der Waals surface area contributed by atoms with Gasteiger partial charge >= 0.3 is 5.97 Å². The lowest BCUT2D eigenvalue weighted by atomic mass is 9.91. The van der Waals surface area contributed by atoms with E-state index in [0.29, 0.717) is 23.1 Å². The first-order valence-corrected chi connectivity index (χ1v) is 6.42. The molecule has 0 aliphatic heterocycles. The SMILES string of the molecule is CCCc1cc(O)c(O)c(C(=O)O)c1-c1ccccc1. The van der Waals surface area contributed by atoms with Crippen LogP contribution in [0.3, 0.4) is 0 Å². The fourth-order valence-electron chi connectivity index (χ4n) is 2.32. The molecular weight excluding hydrogens is 256 g/mol. The Morgan fingerprint density at radius 2 is 1.80 bits per heavy atom. The molecule has 0 aliphatic carbocycles. The van der Waals surface area contributed by atoms with Crippen molar-refractivity contribution in [1.29, 1.82) is 0 Å². The van der Waals surface area contributed by atoms with Gasteiger partial charge in [-0.3, -0.25) is 0 Å². The number of hydrogen-bond donors (Lipinski definition) is 3. The van der Waals surface area contributed by atoms with Gasteiger partial charge in [0.05, 0.1) is 0 Å². The molecule has 0 radical (unpaired) electrons. The van der Waals surface area contributed by atoms with Crippen LogP contribution in [0.2, 0.25) is 0 Å². The van der Waals surface area contributed by atoms with E-state index in [9.17, 15) is 20.1 Å². The van der Waals surface area contributed by atoms with E-state index in [1.54, 1.807) is 24.3 Å². The van der Waals surface area contributed by atoms with Crippen LogP contribution in [0.25, 0.3) is 11.1 Å². The maximum atomic E-state index is 11.5. The molecule has 0 heterocycles. The van der Waals surface area contributed by atoms with Gasteiger partial charge in [-0.15, -0.1) is 0 Å². The fourth-order valence-corrected chi connectivity index (χ4v) is 2.32. The third-order valence-corrected chi connectivity index (χ3v) is 3.16. The molecule has 104 valence electrons. The third-order valence-electron chi connectivity index (χ3n) is 3.16. The number of carbonyl (C=O) groups is 1. The van der Waals surface area contributed by atoms with Gasteiger partial charge in [-0.1, -0.05) is 43.7 Å².